The molecule has 2 aromatic rings. The number of primary amides is 1. The molecule has 26 heavy (non-hydrogen) atoms. The first-order valence-electron chi connectivity index (χ1n) is 8.31. The lowest BCUT2D eigenvalue weighted by molar-refractivity contribution is -0.119. The fraction of sp³-hybridized carbons (Fsp3) is 0.263. The number of carbonyl (C=O) groups excluding carboxylic acids is 2. The van der Waals surface area contributed by atoms with Crippen LogP contribution in [-0.4, -0.2) is 24.5 Å². The number of rotatable bonds is 5. The maximum Gasteiger partial charge on any atom is 0.255 e. The molecular weight excluding hydrogens is 354 g/mol. The van der Waals surface area contributed by atoms with E-state index in [-0.39, 0.29) is 12.5 Å². The highest BCUT2D eigenvalue weighted by Crippen LogP contribution is 2.33. The van der Waals surface area contributed by atoms with Crippen molar-refractivity contribution in [3.8, 4) is 5.75 Å². The molecule has 5 N–H and O–H groups in total. The molecule has 0 saturated heterocycles. The number of nitrogens with one attached hydrogen (secondary N) is 1. The Morgan fingerprint density at radius 2 is 1.96 bits per heavy atom. The van der Waals surface area contributed by atoms with Gasteiger partial charge in [0.05, 0.1) is 12.2 Å². The van der Waals surface area contributed by atoms with Gasteiger partial charge in [-0.15, -0.1) is 0 Å². The average molecular weight is 374 g/mol. The molecule has 1 aliphatic heterocycles. The summed E-state index contributed by atoms with van der Waals surface area (Å²) in [5.41, 5.74) is 13.5. The number of amides is 2. The lowest BCUT2D eigenvalue weighted by atomic mass is 9.97. The molecule has 0 aliphatic carbocycles. The van der Waals surface area contributed by atoms with Crippen LogP contribution in [-0.2, 0) is 11.2 Å². The van der Waals surface area contributed by atoms with E-state index >= 15 is 0 Å². The maximum absolute atomic E-state index is 12.7. The van der Waals surface area contributed by atoms with Gasteiger partial charge in [0.25, 0.3) is 5.91 Å². The topological polar surface area (TPSA) is 107 Å². The Morgan fingerprint density at radius 1 is 1.23 bits per heavy atom. The van der Waals surface area contributed by atoms with Crippen LogP contribution in [0.1, 0.15) is 33.9 Å². The largest absolute Gasteiger partial charge is 0.492 e. The summed E-state index contributed by atoms with van der Waals surface area (Å²) in [4.78, 5) is 24.5. The summed E-state index contributed by atoms with van der Waals surface area (Å²) in [6.07, 6.45) is 0.964. The molecule has 0 saturated carbocycles. The Labute approximate surface area is 156 Å². The summed E-state index contributed by atoms with van der Waals surface area (Å²) in [6, 6.07) is 11.2. The maximum atomic E-state index is 12.7. The Bertz CT molecular complexity index is 823. The lowest BCUT2D eigenvalue weighted by Crippen LogP contribution is -2.46. The smallest absolute Gasteiger partial charge is 0.255 e. The van der Waals surface area contributed by atoms with Crippen molar-refractivity contribution in [2.45, 2.75) is 24.9 Å². The molecule has 2 amide bonds. The number of ether oxygens (including phenoxy) is 1. The average Bonchev–Trinajstić information content (AvgIpc) is 2.62. The molecule has 0 unspecified atom stereocenters. The minimum absolute atomic E-state index is 0.174. The molecule has 0 aromatic heterocycles. The van der Waals surface area contributed by atoms with Crippen molar-refractivity contribution in [1.29, 1.82) is 0 Å². The lowest BCUT2D eigenvalue weighted by Gasteiger charge is -2.25. The van der Waals surface area contributed by atoms with Gasteiger partial charge in [0.1, 0.15) is 11.8 Å². The van der Waals surface area contributed by atoms with Crippen LogP contribution in [0.3, 0.4) is 0 Å². The van der Waals surface area contributed by atoms with E-state index in [1.54, 1.807) is 36.4 Å². The number of hydrogen-bond acceptors (Lipinski definition) is 4. The van der Waals surface area contributed by atoms with E-state index in [9.17, 15) is 9.59 Å². The van der Waals surface area contributed by atoms with Gasteiger partial charge < -0.3 is 21.5 Å². The number of benzene rings is 2. The van der Waals surface area contributed by atoms with Gasteiger partial charge in [-0.1, -0.05) is 35.9 Å². The van der Waals surface area contributed by atoms with Crippen molar-refractivity contribution in [2.24, 2.45) is 11.5 Å². The quantitative estimate of drug-likeness (QED) is 0.744. The molecule has 1 aliphatic rings. The van der Waals surface area contributed by atoms with Crippen LogP contribution in [0, 0.1) is 0 Å². The fourth-order valence-electron chi connectivity index (χ4n) is 2.95. The number of carbonyl (C=O) groups is 2. The summed E-state index contributed by atoms with van der Waals surface area (Å²) in [6.45, 7) is 0.447. The minimum atomic E-state index is -0.850. The number of nitrogens with two attached hydrogens (primary N) is 2. The van der Waals surface area contributed by atoms with E-state index in [1.807, 2.05) is 6.07 Å². The molecule has 7 heteroatoms. The Kier molecular flexibility index (Phi) is 5.44. The van der Waals surface area contributed by atoms with E-state index in [0.717, 1.165) is 11.1 Å². The van der Waals surface area contributed by atoms with Gasteiger partial charge in [0.2, 0.25) is 5.91 Å². The fourth-order valence-corrected chi connectivity index (χ4v) is 3.07. The Balaban J connectivity index is 1.80. The van der Waals surface area contributed by atoms with Crippen LogP contribution in [0.15, 0.2) is 42.5 Å². The summed E-state index contributed by atoms with van der Waals surface area (Å²) in [5, 5.41) is 3.29. The molecule has 136 valence electrons. The second-order valence-corrected chi connectivity index (χ2v) is 6.66. The summed E-state index contributed by atoms with van der Waals surface area (Å²) in [5.74, 6) is -0.567. The van der Waals surface area contributed by atoms with Crippen LogP contribution in [0.4, 0.5) is 0 Å². The van der Waals surface area contributed by atoms with Gasteiger partial charge >= 0.3 is 0 Å². The van der Waals surface area contributed by atoms with Crippen molar-refractivity contribution in [2.75, 3.05) is 6.61 Å². The van der Waals surface area contributed by atoms with Crippen LogP contribution < -0.4 is 21.5 Å². The summed E-state index contributed by atoms with van der Waals surface area (Å²) >= 11 is 5.87. The van der Waals surface area contributed by atoms with Gasteiger partial charge in [0, 0.05) is 29.5 Å². The normalized spacial score (nSPS) is 16.9. The third kappa shape index (κ3) is 3.98. The van der Waals surface area contributed by atoms with Crippen molar-refractivity contribution >= 4 is 23.4 Å². The highest BCUT2D eigenvalue weighted by atomic mass is 35.5. The molecule has 0 radical (unpaired) electrons. The third-order valence-electron chi connectivity index (χ3n) is 4.37. The van der Waals surface area contributed by atoms with Gasteiger partial charge in [-0.05, 0) is 23.8 Å². The molecule has 1 heterocycles. The predicted octanol–water partition coefficient (Wildman–Crippen LogP) is 1.95. The van der Waals surface area contributed by atoms with Crippen molar-refractivity contribution < 1.29 is 14.3 Å². The zero-order chi connectivity index (χ0) is 18.7. The van der Waals surface area contributed by atoms with E-state index in [2.05, 4.69) is 5.32 Å². The van der Waals surface area contributed by atoms with E-state index in [1.165, 1.54) is 0 Å². The highest BCUT2D eigenvalue weighted by Gasteiger charge is 2.26. The standard InChI is InChI=1S/C19H20ClN3O3/c20-12-6-4-11(5-7-12)10-16(18(22)24)23-19(25)14-3-1-2-13-15(21)8-9-26-17(13)14/h1-7,15-16H,8-10,21H2,(H2,22,24)(H,23,25)/t15-,16-/m0/s1. The van der Waals surface area contributed by atoms with Gasteiger partial charge in [-0.25, -0.2) is 0 Å². The highest BCUT2D eigenvalue weighted by molar-refractivity contribution is 6.30. The molecule has 0 fully saturated rings. The van der Waals surface area contributed by atoms with Crippen molar-refractivity contribution in [3.05, 3.63) is 64.2 Å². The van der Waals surface area contributed by atoms with Gasteiger partial charge in [-0.2, -0.15) is 0 Å². The number of fused-ring (bicyclic) bond motifs is 1. The number of para-hydroxylation sites is 1. The molecule has 2 aromatic carbocycles. The van der Waals surface area contributed by atoms with E-state index in [4.69, 9.17) is 27.8 Å². The monoisotopic (exact) mass is 373 g/mol. The molecule has 3 rings (SSSR count). The van der Waals surface area contributed by atoms with Crippen LogP contribution >= 0.6 is 11.6 Å². The van der Waals surface area contributed by atoms with Gasteiger partial charge in [-0.3, -0.25) is 9.59 Å². The minimum Gasteiger partial charge on any atom is -0.492 e. The molecular formula is C19H20ClN3O3. The Hall–Kier alpha value is -2.57. The zero-order valence-corrected chi connectivity index (χ0v) is 14.8. The third-order valence-corrected chi connectivity index (χ3v) is 4.62. The number of halogens is 1. The summed E-state index contributed by atoms with van der Waals surface area (Å²) in [7, 11) is 0. The molecule has 2 atom stereocenters. The van der Waals surface area contributed by atoms with Crippen LogP contribution in [0.2, 0.25) is 5.02 Å². The first-order chi connectivity index (χ1) is 12.5. The van der Waals surface area contributed by atoms with Crippen LogP contribution in [0.5, 0.6) is 5.75 Å². The van der Waals surface area contributed by atoms with E-state index < -0.39 is 17.9 Å². The molecule has 0 bridgehead atoms. The second kappa shape index (κ2) is 7.76. The van der Waals surface area contributed by atoms with Crippen molar-refractivity contribution in [3.63, 3.8) is 0 Å². The SMILES string of the molecule is NC(=O)[C@H](Cc1ccc(Cl)cc1)NC(=O)c1cccc2c1OCC[C@@H]2N. The van der Waals surface area contributed by atoms with Crippen molar-refractivity contribution in [1.82, 2.24) is 5.32 Å². The van der Waals surface area contributed by atoms with E-state index in [0.29, 0.717) is 29.4 Å². The molecule has 0 spiro atoms. The Morgan fingerprint density at radius 3 is 2.65 bits per heavy atom. The zero-order valence-electron chi connectivity index (χ0n) is 14.1. The predicted molar refractivity (Wildman–Crippen MR) is 99.1 cm³/mol. The first-order valence-corrected chi connectivity index (χ1v) is 8.69. The summed E-state index contributed by atoms with van der Waals surface area (Å²) < 4.78 is 5.65. The molecule has 6 nitrogen and oxygen atoms in total. The second-order valence-electron chi connectivity index (χ2n) is 6.23. The van der Waals surface area contributed by atoms with Gasteiger partial charge in [0.15, 0.2) is 0 Å². The first kappa shape index (κ1) is 18.2. The van der Waals surface area contributed by atoms with Crippen LogP contribution in [0.25, 0.3) is 0 Å². The number of hydrogen-bond donors (Lipinski definition) is 3.